The molecule has 1 aromatic heterocycles. The molecular weight excluding hydrogens is 363 g/mol. The fraction of sp³-hybridized carbons (Fsp3) is 0.353. The van der Waals surface area contributed by atoms with Crippen LogP contribution >= 0.6 is 0 Å². The van der Waals surface area contributed by atoms with Gasteiger partial charge in [-0.15, -0.1) is 0 Å². The van der Waals surface area contributed by atoms with Gasteiger partial charge in [-0.2, -0.15) is 18.2 Å². The number of halogens is 3. The molecule has 0 aliphatic carbocycles. The fourth-order valence-corrected chi connectivity index (χ4v) is 2.08. The molecule has 0 atom stereocenters. The van der Waals surface area contributed by atoms with E-state index in [0.29, 0.717) is 24.3 Å². The Kier molecular flexibility index (Phi) is 6.56. The van der Waals surface area contributed by atoms with Crippen molar-refractivity contribution < 1.29 is 22.7 Å². The molecule has 0 saturated heterocycles. The third kappa shape index (κ3) is 6.10. The van der Waals surface area contributed by atoms with Crippen molar-refractivity contribution in [3.8, 4) is 0 Å². The van der Waals surface area contributed by atoms with Crippen molar-refractivity contribution in [3.63, 3.8) is 0 Å². The Bertz CT molecular complexity index is 779. The average Bonchev–Trinajstić information content (AvgIpc) is 2.60. The number of likely N-dealkylation sites (N-methyl/N-ethyl adjacent to an activating group) is 1. The van der Waals surface area contributed by atoms with Gasteiger partial charge in [-0.05, 0) is 38.4 Å². The van der Waals surface area contributed by atoms with Crippen molar-refractivity contribution in [1.29, 1.82) is 0 Å². The summed E-state index contributed by atoms with van der Waals surface area (Å²) in [6, 6.07) is 6.90. The Balaban J connectivity index is 2.22. The van der Waals surface area contributed by atoms with Crippen molar-refractivity contribution in [2.75, 3.05) is 44.9 Å². The van der Waals surface area contributed by atoms with Gasteiger partial charge in [0.15, 0.2) is 5.69 Å². The molecule has 10 heteroatoms. The molecule has 0 bridgehead atoms. The van der Waals surface area contributed by atoms with Crippen molar-refractivity contribution in [1.82, 2.24) is 14.9 Å². The molecule has 0 unspecified atom stereocenters. The Labute approximate surface area is 154 Å². The van der Waals surface area contributed by atoms with Gasteiger partial charge in [0.2, 0.25) is 5.95 Å². The van der Waals surface area contributed by atoms with E-state index >= 15 is 0 Å². The van der Waals surface area contributed by atoms with Crippen LogP contribution < -0.4 is 10.6 Å². The maximum absolute atomic E-state index is 13.1. The number of benzene rings is 1. The largest absolute Gasteiger partial charge is 0.465 e. The van der Waals surface area contributed by atoms with Gasteiger partial charge in [0.05, 0.1) is 12.7 Å². The van der Waals surface area contributed by atoms with Gasteiger partial charge in [0.1, 0.15) is 5.82 Å². The number of alkyl halides is 3. The molecule has 0 spiro atoms. The minimum absolute atomic E-state index is 0.0181. The first-order valence-electron chi connectivity index (χ1n) is 7.99. The molecule has 2 N–H and O–H groups in total. The number of aromatic nitrogens is 2. The van der Waals surface area contributed by atoms with E-state index in [9.17, 15) is 18.0 Å². The zero-order valence-electron chi connectivity index (χ0n) is 15.1. The minimum atomic E-state index is -4.61. The number of carbonyl (C=O) groups is 1. The summed E-state index contributed by atoms with van der Waals surface area (Å²) in [5, 5.41) is 5.57. The summed E-state index contributed by atoms with van der Waals surface area (Å²) >= 11 is 0. The predicted molar refractivity (Wildman–Crippen MR) is 95.1 cm³/mol. The van der Waals surface area contributed by atoms with Crippen LogP contribution in [0, 0.1) is 0 Å². The summed E-state index contributed by atoms with van der Waals surface area (Å²) in [6.45, 7) is 0.999. The highest BCUT2D eigenvalue weighted by Crippen LogP contribution is 2.30. The molecule has 2 rings (SSSR count). The zero-order chi connectivity index (χ0) is 20.0. The molecular formula is C17H20F3N5O2. The second-order valence-corrected chi connectivity index (χ2v) is 5.88. The number of ether oxygens (including phenoxy) is 1. The number of rotatable bonds is 7. The lowest BCUT2D eigenvalue weighted by Gasteiger charge is -2.14. The number of nitrogens with zero attached hydrogens (tertiary/aromatic N) is 3. The SMILES string of the molecule is COC(=O)c1ccc(Nc2cc(C(F)(F)F)nc(NCCN(C)C)n2)cc1. The van der Waals surface area contributed by atoms with Gasteiger partial charge in [-0.3, -0.25) is 0 Å². The van der Waals surface area contributed by atoms with E-state index in [1.807, 2.05) is 19.0 Å². The van der Waals surface area contributed by atoms with Crippen LogP contribution in [0.2, 0.25) is 0 Å². The lowest BCUT2D eigenvalue weighted by atomic mass is 10.2. The zero-order valence-corrected chi connectivity index (χ0v) is 15.1. The topological polar surface area (TPSA) is 79.4 Å². The molecule has 1 heterocycles. The molecule has 27 heavy (non-hydrogen) atoms. The first-order chi connectivity index (χ1) is 12.7. The van der Waals surface area contributed by atoms with Gasteiger partial charge in [0.25, 0.3) is 0 Å². The van der Waals surface area contributed by atoms with E-state index in [1.165, 1.54) is 19.2 Å². The van der Waals surface area contributed by atoms with Gasteiger partial charge in [-0.25, -0.2) is 9.78 Å². The molecule has 0 amide bonds. The number of carbonyl (C=O) groups excluding carboxylic acids is 1. The van der Waals surface area contributed by atoms with Crippen LogP contribution in [0.4, 0.5) is 30.6 Å². The normalized spacial score (nSPS) is 11.4. The Morgan fingerprint density at radius 1 is 1.19 bits per heavy atom. The Morgan fingerprint density at radius 3 is 2.41 bits per heavy atom. The fourth-order valence-electron chi connectivity index (χ4n) is 2.08. The smallest absolute Gasteiger partial charge is 0.433 e. The summed E-state index contributed by atoms with van der Waals surface area (Å²) < 4.78 is 43.9. The van der Waals surface area contributed by atoms with Crippen molar-refractivity contribution >= 4 is 23.4 Å². The number of methoxy groups -OCH3 is 1. The van der Waals surface area contributed by atoms with Crippen LogP contribution in [0.1, 0.15) is 16.1 Å². The van der Waals surface area contributed by atoms with Gasteiger partial charge in [-0.1, -0.05) is 0 Å². The highest BCUT2D eigenvalue weighted by Gasteiger charge is 2.33. The molecule has 146 valence electrons. The quantitative estimate of drug-likeness (QED) is 0.712. The standard InChI is InChI=1S/C17H20F3N5O2/c1-25(2)9-8-21-16-23-13(17(18,19)20)10-14(24-16)22-12-6-4-11(5-7-12)15(26)27-3/h4-7,10H,8-9H2,1-3H3,(H2,21,22,23,24). The van der Waals surface area contributed by atoms with Crippen molar-refractivity contribution in [2.24, 2.45) is 0 Å². The monoisotopic (exact) mass is 383 g/mol. The van der Waals surface area contributed by atoms with Crippen LogP contribution in [0.3, 0.4) is 0 Å². The van der Waals surface area contributed by atoms with E-state index in [1.54, 1.807) is 12.1 Å². The van der Waals surface area contributed by atoms with Gasteiger partial charge in [0, 0.05) is 24.8 Å². The second-order valence-electron chi connectivity index (χ2n) is 5.88. The molecule has 0 radical (unpaired) electrons. The highest BCUT2D eigenvalue weighted by molar-refractivity contribution is 5.89. The Hall–Kier alpha value is -2.88. The number of esters is 1. The summed E-state index contributed by atoms with van der Waals surface area (Å²) in [5.41, 5.74) is -0.264. The summed E-state index contributed by atoms with van der Waals surface area (Å²) in [4.78, 5) is 20.9. The van der Waals surface area contributed by atoms with E-state index in [-0.39, 0.29) is 11.8 Å². The third-order valence-electron chi connectivity index (χ3n) is 3.44. The summed E-state index contributed by atoms with van der Waals surface area (Å²) in [5.74, 6) is -0.647. The van der Waals surface area contributed by atoms with E-state index in [4.69, 9.17) is 0 Å². The first-order valence-corrected chi connectivity index (χ1v) is 7.99. The highest BCUT2D eigenvalue weighted by atomic mass is 19.4. The summed E-state index contributed by atoms with van der Waals surface area (Å²) in [6.07, 6.45) is -4.61. The Morgan fingerprint density at radius 2 is 1.85 bits per heavy atom. The molecule has 7 nitrogen and oxygen atoms in total. The van der Waals surface area contributed by atoms with Crippen LogP contribution in [0.25, 0.3) is 0 Å². The number of hydrogen-bond acceptors (Lipinski definition) is 7. The van der Waals surface area contributed by atoms with E-state index in [2.05, 4.69) is 25.3 Å². The van der Waals surface area contributed by atoms with E-state index in [0.717, 1.165) is 6.07 Å². The molecule has 0 aliphatic rings. The van der Waals surface area contributed by atoms with Gasteiger partial charge < -0.3 is 20.3 Å². The maximum atomic E-state index is 13.1. The predicted octanol–water partition coefficient (Wildman–Crippen LogP) is 3.00. The third-order valence-corrected chi connectivity index (χ3v) is 3.44. The van der Waals surface area contributed by atoms with Crippen molar-refractivity contribution in [3.05, 3.63) is 41.6 Å². The molecule has 0 fully saturated rings. The van der Waals surface area contributed by atoms with Crippen LogP contribution in [0.5, 0.6) is 0 Å². The number of hydrogen-bond donors (Lipinski definition) is 2. The molecule has 0 aliphatic heterocycles. The lowest BCUT2D eigenvalue weighted by Crippen LogP contribution is -2.22. The minimum Gasteiger partial charge on any atom is -0.465 e. The summed E-state index contributed by atoms with van der Waals surface area (Å²) in [7, 11) is 4.96. The second kappa shape index (κ2) is 8.67. The number of nitrogens with one attached hydrogen (secondary N) is 2. The number of anilines is 3. The first kappa shape index (κ1) is 20.4. The lowest BCUT2D eigenvalue weighted by molar-refractivity contribution is -0.141. The van der Waals surface area contributed by atoms with Crippen LogP contribution in [0.15, 0.2) is 30.3 Å². The molecule has 0 saturated carbocycles. The molecule has 2 aromatic rings. The van der Waals surface area contributed by atoms with Gasteiger partial charge >= 0.3 is 12.1 Å². The molecule has 1 aromatic carbocycles. The average molecular weight is 383 g/mol. The van der Waals surface area contributed by atoms with Crippen LogP contribution in [-0.4, -0.2) is 55.1 Å². The van der Waals surface area contributed by atoms with Crippen molar-refractivity contribution in [2.45, 2.75) is 6.18 Å². The van der Waals surface area contributed by atoms with Crippen LogP contribution in [-0.2, 0) is 10.9 Å². The maximum Gasteiger partial charge on any atom is 0.433 e. The van der Waals surface area contributed by atoms with E-state index < -0.39 is 17.8 Å².